The summed E-state index contributed by atoms with van der Waals surface area (Å²) in [4.78, 5) is 39.9. The predicted molar refractivity (Wildman–Crippen MR) is 152 cm³/mol. The SMILES string of the molecule is COc1cc(C(=O)N2CCCC[C@H]2CO)c(NC(=O)OC(C)(C)C)cc1OCCCC(=O)OCC[Si-](C)(C)C. The van der Waals surface area contributed by atoms with Crippen molar-refractivity contribution in [3.05, 3.63) is 17.7 Å². The Balaban J connectivity index is 2.19. The molecule has 0 bridgehead atoms. The number of methoxy groups -OCH3 is 1. The summed E-state index contributed by atoms with van der Waals surface area (Å²) >= 11 is 0. The van der Waals surface area contributed by atoms with Crippen molar-refractivity contribution < 1.29 is 38.4 Å². The number of amides is 2. The Kier molecular flexibility index (Phi) is 12.1. The molecule has 2 N–H and O–H groups in total. The molecule has 0 radical (unpaired) electrons. The first-order valence-electron chi connectivity index (χ1n) is 13.7. The number of carbonyl (C=O) groups excluding carboxylic acids is 3. The topological polar surface area (TPSA) is 124 Å². The van der Waals surface area contributed by atoms with Gasteiger partial charge in [-0.1, -0.05) is 0 Å². The van der Waals surface area contributed by atoms with Crippen molar-refractivity contribution in [2.45, 2.75) is 90.2 Å². The lowest BCUT2D eigenvalue weighted by Crippen LogP contribution is -2.45. The molecule has 1 aliphatic heterocycles. The van der Waals surface area contributed by atoms with Gasteiger partial charge in [0.05, 0.1) is 44.2 Å². The first kappa shape index (κ1) is 32.4. The number of aliphatic hydroxyl groups is 1. The van der Waals surface area contributed by atoms with E-state index in [4.69, 9.17) is 18.9 Å². The molecule has 1 aromatic rings. The van der Waals surface area contributed by atoms with Crippen LogP contribution in [0, 0.1) is 0 Å². The second kappa shape index (κ2) is 14.6. The van der Waals surface area contributed by atoms with Crippen molar-refractivity contribution in [3.63, 3.8) is 0 Å². The standard InChI is InChI=1S/C28H46N2O8Si/c1-28(2,3)38-27(34)29-22-18-24(36-14-10-12-25(32)37-15-16-39(5,6)7)23(35-4)17-21(22)26(33)30-13-9-8-11-20(30)19-31/h17-18,20,31H,8-16,19H2,1-7H3,(H,29,34)/q-1/t20-/m0/s1. The van der Waals surface area contributed by atoms with Crippen LogP contribution in [0.4, 0.5) is 10.5 Å². The Hall–Kier alpha value is -2.79. The third-order valence-corrected chi connectivity index (χ3v) is 7.87. The van der Waals surface area contributed by atoms with Crippen molar-refractivity contribution in [3.8, 4) is 11.5 Å². The van der Waals surface area contributed by atoms with Gasteiger partial charge in [0.1, 0.15) is 5.60 Å². The average Bonchev–Trinajstić information content (AvgIpc) is 2.84. The van der Waals surface area contributed by atoms with Gasteiger partial charge >= 0.3 is 12.1 Å². The molecule has 1 aliphatic rings. The van der Waals surface area contributed by atoms with E-state index < -0.39 is 19.8 Å². The number of ether oxygens (including phenoxy) is 4. The number of anilines is 1. The van der Waals surface area contributed by atoms with E-state index in [0.717, 1.165) is 18.9 Å². The smallest absolute Gasteiger partial charge is 0.412 e. The lowest BCUT2D eigenvalue weighted by atomic mass is 10.0. The van der Waals surface area contributed by atoms with Crippen LogP contribution in [0.3, 0.4) is 0 Å². The highest BCUT2D eigenvalue weighted by Gasteiger charge is 2.30. The third kappa shape index (κ3) is 11.1. The summed E-state index contributed by atoms with van der Waals surface area (Å²) in [5.41, 5.74) is -0.326. The Morgan fingerprint density at radius 3 is 2.44 bits per heavy atom. The van der Waals surface area contributed by atoms with Crippen LogP contribution >= 0.6 is 0 Å². The zero-order chi connectivity index (χ0) is 29.2. The second-order valence-corrected chi connectivity index (χ2v) is 17.6. The number of aliphatic hydroxyl groups excluding tert-OH is 1. The van der Waals surface area contributed by atoms with Gasteiger partial charge in [-0.3, -0.25) is 14.9 Å². The van der Waals surface area contributed by atoms with E-state index in [0.29, 0.717) is 37.5 Å². The molecule has 39 heavy (non-hydrogen) atoms. The van der Waals surface area contributed by atoms with Crippen molar-refractivity contribution in [1.82, 2.24) is 4.90 Å². The molecule has 221 valence electrons. The van der Waals surface area contributed by atoms with Crippen molar-refractivity contribution in [2.75, 3.05) is 38.8 Å². The Bertz CT molecular complexity index is 987. The molecule has 1 aromatic carbocycles. The van der Waals surface area contributed by atoms with E-state index in [1.165, 1.54) is 19.2 Å². The summed E-state index contributed by atoms with van der Waals surface area (Å²) in [6, 6.07) is 3.67. The van der Waals surface area contributed by atoms with Crippen LogP contribution in [0.15, 0.2) is 12.1 Å². The second-order valence-electron chi connectivity index (χ2n) is 12.0. The summed E-state index contributed by atoms with van der Waals surface area (Å²) in [5.74, 6) is 0.0238. The van der Waals surface area contributed by atoms with Gasteiger partial charge in [0.15, 0.2) is 11.5 Å². The highest BCUT2D eigenvalue weighted by atomic mass is 28.3. The van der Waals surface area contributed by atoms with Crippen LogP contribution in [-0.4, -0.2) is 81.2 Å². The third-order valence-electron chi connectivity index (χ3n) is 6.17. The number of piperidine rings is 1. The maximum Gasteiger partial charge on any atom is 0.412 e. The summed E-state index contributed by atoms with van der Waals surface area (Å²) in [6.45, 7) is 12.9. The van der Waals surface area contributed by atoms with Gasteiger partial charge < -0.3 is 29.0 Å². The molecule has 1 saturated heterocycles. The van der Waals surface area contributed by atoms with Gasteiger partial charge in [0.25, 0.3) is 5.91 Å². The number of nitrogens with zero attached hydrogens (tertiary/aromatic N) is 1. The highest BCUT2D eigenvalue weighted by Crippen LogP contribution is 2.35. The fourth-order valence-electron chi connectivity index (χ4n) is 4.08. The highest BCUT2D eigenvalue weighted by molar-refractivity contribution is 6.76. The average molecular weight is 567 g/mol. The molecule has 10 nitrogen and oxygen atoms in total. The molecule has 1 fully saturated rings. The first-order valence-corrected chi connectivity index (χ1v) is 17.4. The van der Waals surface area contributed by atoms with Crippen LogP contribution < -0.4 is 14.8 Å². The number of nitrogens with one attached hydrogen (secondary N) is 1. The van der Waals surface area contributed by atoms with Gasteiger partial charge in [-0.25, -0.2) is 4.79 Å². The molecule has 2 amide bonds. The number of hydrogen-bond donors (Lipinski definition) is 2. The molecule has 2 rings (SSSR count). The van der Waals surface area contributed by atoms with Gasteiger partial charge in [-0.2, -0.15) is 19.6 Å². The van der Waals surface area contributed by atoms with E-state index in [-0.39, 0.29) is 48.8 Å². The molecule has 1 atom stereocenters. The molecule has 0 spiro atoms. The Morgan fingerprint density at radius 2 is 1.82 bits per heavy atom. The largest absolute Gasteiger partial charge is 0.493 e. The number of benzene rings is 1. The van der Waals surface area contributed by atoms with Crippen LogP contribution in [0.2, 0.25) is 25.7 Å². The monoisotopic (exact) mass is 566 g/mol. The van der Waals surface area contributed by atoms with Gasteiger partial charge in [-0.15, -0.1) is 14.1 Å². The normalized spacial score (nSPS) is 15.9. The number of esters is 1. The maximum absolute atomic E-state index is 13.6. The van der Waals surface area contributed by atoms with E-state index in [1.807, 2.05) is 0 Å². The molecule has 0 aliphatic carbocycles. The minimum Gasteiger partial charge on any atom is -0.493 e. The van der Waals surface area contributed by atoms with Gasteiger partial charge in [0.2, 0.25) is 0 Å². The molecule has 1 heterocycles. The maximum atomic E-state index is 13.6. The molecular weight excluding hydrogens is 520 g/mol. The fourth-order valence-corrected chi connectivity index (χ4v) is 4.79. The quantitative estimate of drug-likeness (QED) is 0.204. The Labute approximate surface area is 233 Å². The van der Waals surface area contributed by atoms with E-state index >= 15 is 0 Å². The van der Waals surface area contributed by atoms with Crippen LogP contribution in [0.25, 0.3) is 0 Å². The van der Waals surface area contributed by atoms with Crippen LogP contribution in [0.1, 0.15) is 63.2 Å². The van der Waals surface area contributed by atoms with E-state index in [1.54, 1.807) is 25.7 Å². The summed E-state index contributed by atoms with van der Waals surface area (Å²) in [5, 5.41) is 12.5. The zero-order valence-electron chi connectivity index (χ0n) is 24.6. The summed E-state index contributed by atoms with van der Waals surface area (Å²) < 4.78 is 22.1. The van der Waals surface area contributed by atoms with E-state index in [9.17, 15) is 19.5 Å². The van der Waals surface area contributed by atoms with Crippen LogP contribution in [0.5, 0.6) is 11.5 Å². The lowest BCUT2D eigenvalue weighted by molar-refractivity contribution is -0.143. The first-order chi connectivity index (χ1) is 18.2. The minimum absolute atomic E-state index is 0.139. The molecule has 0 aromatic heterocycles. The van der Waals surface area contributed by atoms with Crippen LogP contribution in [-0.2, 0) is 14.3 Å². The van der Waals surface area contributed by atoms with Crippen molar-refractivity contribution in [1.29, 1.82) is 0 Å². The van der Waals surface area contributed by atoms with Crippen molar-refractivity contribution in [2.24, 2.45) is 0 Å². The zero-order valence-corrected chi connectivity index (χ0v) is 25.6. The van der Waals surface area contributed by atoms with Gasteiger partial charge in [0, 0.05) is 19.0 Å². The Morgan fingerprint density at radius 1 is 1.10 bits per heavy atom. The van der Waals surface area contributed by atoms with Crippen molar-refractivity contribution >= 4 is 31.7 Å². The molecule has 0 saturated carbocycles. The van der Waals surface area contributed by atoms with E-state index in [2.05, 4.69) is 25.0 Å². The molecule has 0 unspecified atom stereocenters. The molecule has 11 heteroatoms. The summed E-state index contributed by atoms with van der Waals surface area (Å²) in [6.07, 6.45) is 2.39. The minimum atomic E-state index is -1.27. The lowest BCUT2D eigenvalue weighted by Gasteiger charge is -2.35. The predicted octanol–water partition coefficient (Wildman–Crippen LogP) is 5.07. The van der Waals surface area contributed by atoms with Gasteiger partial charge in [-0.05, 0) is 52.5 Å². The fraction of sp³-hybridized carbons (Fsp3) is 0.679. The number of carbonyl (C=O) groups is 3. The number of hydrogen-bond acceptors (Lipinski definition) is 8. The number of rotatable bonds is 12. The summed E-state index contributed by atoms with van der Waals surface area (Å²) in [7, 11) is 0.191. The number of likely N-dealkylation sites (tertiary alicyclic amines) is 1. The molecular formula is C28H46N2O8Si-.